The van der Waals surface area contributed by atoms with Crippen molar-refractivity contribution < 1.29 is 0 Å². The van der Waals surface area contributed by atoms with Gasteiger partial charge in [-0.05, 0) is 29.9 Å². The Morgan fingerprint density at radius 3 is 2.71 bits per heavy atom. The Kier molecular flexibility index (Phi) is 2.49. The monoisotopic (exact) mass is 189 g/mol. The first kappa shape index (κ1) is 9.57. The summed E-state index contributed by atoms with van der Waals surface area (Å²) in [7, 11) is 0. The zero-order valence-corrected chi connectivity index (χ0v) is 9.25. The molecule has 1 heteroatoms. The van der Waals surface area contributed by atoms with E-state index in [2.05, 4.69) is 50.4 Å². The van der Waals surface area contributed by atoms with Gasteiger partial charge in [0.05, 0.1) is 0 Å². The van der Waals surface area contributed by atoms with Crippen molar-refractivity contribution in [2.24, 2.45) is 5.92 Å². The fraction of sp³-hybridized carbons (Fsp3) is 0.538. The topological polar surface area (TPSA) is 12.0 Å². The van der Waals surface area contributed by atoms with Crippen molar-refractivity contribution in [2.75, 3.05) is 5.32 Å². The molecular weight excluding hydrogens is 170 g/mol. The fourth-order valence-corrected chi connectivity index (χ4v) is 2.26. The van der Waals surface area contributed by atoms with E-state index in [1.165, 1.54) is 17.7 Å². The molecule has 0 aromatic heterocycles. The quantitative estimate of drug-likeness (QED) is 0.711. The summed E-state index contributed by atoms with van der Waals surface area (Å²) in [6.45, 7) is 6.91. The molecule has 2 atom stereocenters. The molecule has 0 aliphatic carbocycles. The molecule has 0 bridgehead atoms. The highest BCUT2D eigenvalue weighted by molar-refractivity contribution is 5.55. The van der Waals surface area contributed by atoms with Crippen molar-refractivity contribution in [1.82, 2.24) is 0 Å². The zero-order chi connectivity index (χ0) is 10.1. The second-order valence-corrected chi connectivity index (χ2v) is 4.72. The predicted octanol–water partition coefficient (Wildman–Crippen LogP) is 3.63. The van der Waals surface area contributed by atoms with E-state index in [-0.39, 0.29) is 0 Å². The highest BCUT2D eigenvalue weighted by Crippen LogP contribution is 2.35. The SMILES string of the molecule is CC1CC(C(C)C)Nc2ccccc21. The number of fused-ring (bicyclic) bond motifs is 1. The summed E-state index contributed by atoms with van der Waals surface area (Å²) in [5.74, 6) is 1.41. The molecule has 0 spiro atoms. The van der Waals surface area contributed by atoms with Crippen LogP contribution in [0.15, 0.2) is 24.3 Å². The van der Waals surface area contributed by atoms with Gasteiger partial charge in [0.25, 0.3) is 0 Å². The molecule has 0 saturated heterocycles. The van der Waals surface area contributed by atoms with Gasteiger partial charge in [-0.15, -0.1) is 0 Å². The molecule has 1 nitrogen and oxygen atoms in total. The van der Waals surface area contributed by atoms with Crippen molar-refractivity contribution in [3.63, 3.8) is 0 Å². The molecule has 0 fully saturated rings. The van der Waals surface area contributed by atoms with Crippen LogP contribution in [0.25, 0.3) is 0 Å². The molecule has 1 heterocycles. The van der Waals surface area contributed by atoms with E-state index >= 15 is 0 Å². The number of para-hydroxylation sites is 1. The van der Waals surface area contributed by atoms with Crippen LogP contribution in [0.4, 0.5) is 5.69 Å². The third-order valence-corrected chi connectivity index (χ3v) is 3.24. The highest BCUT2D eigenvalue weighted by atomic mass is 14.9. The number of anilines is 1. The van der Waals surface area contributed by atoms with E-state index in [0.29, 0.717) is 17.9 Å². The van der Waals surface area contributed by atoms with Crippen LogP contribution >= 0.6 is 0 Å². The van der Waals surface area contributed by atoms with Crippen LogP contribution in [0, 0.1) is 5.92 Å². The number of rotatable bonds is 1. The Morgan fingerprint density at radius 1 is 1.29 bits per heavy atom. The van der Waals surface area contributed by atoms with Gasteiger partial charge in [0.2, 0.25) is 0 Å². The Bertz CT molecular complexity index is 317. The maximum Gasteiger partial charge on any atom is 0.0377 e. The number of hydrogen-bond donors (Lipinski definition) is 1. The summed E-state index contributed by atoms with van der Waals surface area (Å²) in [6.07, 6.45) is 1.26. The molecule has 2 unspecified atom stereocenters. The van der Waals surface area contributed by atoms with E-state index in [9.17, 15) is 0 Å². The Labute approximate surface area is 86.5 Å². The number of benzene rings is 1. The normalized spacial score (nSPS) is 25.7. The molecule has 0 amide bonds. The van der Waals surface area contributed by atoms with Crippen LogP contribution < -0.4 is 5.32 Å². The molecular formula is C13H19N. The average molecular weight is 189 g/mol. The van der Waals surface area contributed by atoms with E-state index in [0.717, 1.165) is 0 Å². The number of nitrogens with one attached hydrogen (secondary N) is 1. The van der Waals surface area contributed by atoms with Gasteiger partial charge in [0, 0.05) is 11.7 Å². The molecule has 2 rings (SSSR count). The third-order valence-electron chi connectivity index (χ3n) is 3.24. The molecule has 1 N–H and O–H groups in total. The summed E-state index contributed by atoms with van der Waals surface area (Å²) in [5.41, 5.74) is 2.81. The summed E-state index contributed by atoms with van der Waals surface area (Å²) >= 11 is 0. The minimum absolute atomic E-state index is 0.639. The van der Waals surface area contributed by atoms with Gasteiger partial charge in [-0.3, -0.25) is 0 Å². The minimum Gasteiger partial charge on any atom is -0.382 e. The van der Waals surface area contributed by atoms with Crippen molar-refractivity contribution >= 4 is 5.69 Å². The Balaban J connectivity index is 2.29. The Morgan fingerprint density at radius 2 is 2.00 bits per heavy atom. The highest BCUT2D eigenvalue weighted by Gasteiger charge is 2.24. The summed E-state index contributed by atoms with van der Waals surface area (Å²) < 4.78 is 0. The van der Waals surface area contributed by atoms with Crippen LogP contribution in [-0.2, 0) is 0 Å². The lowest BCUT2D eigenvalue weighted by atomic mass is 9.84. The third kappa shape index (κ3) is 1.63. The van der Waals surface area contributed by atoms with Gasteiger partial charge in [-0.25, -0.2) is 0 Å². The van der Waals surface area contributed by atoms with Crippen LogP contribution in [0.5, 0.6) is 0 Å². The van der Waals surface area contributed by atoms with Gasteiger partial charge in [0.1, 0.15) is 0 Å². The lowest BCUT2D eigenvalue weighted by molar-refractivity contribution is 0.449. The molecule has 0 saturated carbocycles. The zero-order valence-electron chi connectivity index (χ0n) is 9.25. The first-order valence-corrected chi connectivity index (χ1v) is 5.54. The van der Waals surface area contributed by atoms with Crippen LogP contribution in [-0.4, -0.2) is 6.04 Å². The summed E-state index contributed by atoms with van der Waals surface area (Å²) in [6, 6.07) is 9.32. The van der Waals surface area contributed by atoms with Crippen molar-refractivity contribution in [3.05, 3.63) is 29.8 Å². The average Bonchev–Trinajstić information content (AvgIpc) is 2.17. The van der Waals surface area contributed by atoms with Gasteiger partial charge in [0.15, 0.2) is 0 Å². The summed E-state index contributed by atoms with van der Waals surface area (Å²) in [4.78, 5) is 0. The number of hydrogen-bond acceptors (Lipinski definition) is 1. The smallest absolute Gasteiger partial charge is 0.0377 e. The van der Waals surface area contributed by atoms with Crippen molar-refractivity contribution in [3.8, 4) is 0 Å². The molecule has 76 valence electrons. The first-order valence-electron chi connectivity index (χ1n) is 5.54. The van der Waals surface area contributed by atoms with Gasteiger partial charge >= 0.3 is 0 Å². The Hall–Kier alpha value is -0.980. The van der Waals surface area contributed by atoms with Gasteiger partial charge < -0.3 is 5.32 Å². The molecule has 0 radical (unpaired) electrons. The van der Waals surface area contributed by atoms with E-state index in [1.807, 2.05) is 0 Å². The van der Waals surface area contributed by atoms with Crippen LogP contribution in [0.1, 0.15) is 38.7 Å². The molecule has 1 aromatic carbocycles. The maximum absolute atomic E-state index is 3.63. The lowest BCUT2D eigenvalue weighted by Crippen LogP contribution is -2.31. The molecule has 1 aromatic rings. The fourth-order valence-electron chi connectivity index (χ4n) is 2.26. The van der Waals surface area contributed by atoms with E-state index in [4.69, 9.17) is 0 Å². The second kappa shape index (κ2) is 3.64. The van der Waals surface area contributed by atoms with Crippen LogP contribution in [0.2, 0.25) is 0 Å². The van der Waals surface area contributed by atoms with Gasteiger partial charge in [-0.2, -0.15) is 0 Å². The molecule has 1 aliphatic heterocycles. The van der Waals surface area contributed by atoms with Crippen molar-refractivity contribution in [1.29, 1.82) is 0 Å². The molecule has 14 heavy (non-hydrogen) atoms. The van der Waals surface area contributed by atoms with E-state index < -0.39 is 0 Å². The first-order chi connectivity index (χ1) is 6.68. The maximum atomic E-state index is 3.63. The van der Waals surface area contributed by atoms with Crippen molar-refractivity contribution in [2.45, 2.75) is 39.2 Å². The van der Waals surface area contributed by atoms with Gasteiger partial charge in [-0.1, -0.05) is 39.0 Å². The minimum atomic E-state index is 0.639. The van der Waals surface area contributed by atoms with Crippen LogP contribution in [0.3, 0.4) is 0 Å². The second-order valence-electron chi connectivity index (χ2n) is 4.72. The molecule has 1 aliphatic rings. The lowest BCUT2D eigenvalue weighted by Gasteiger charge is -2.33. The summed E-state index contributed by atoms with van der Waals surface area (Å²) in [5, 5.41) is 3.63. The van der Waals surface area contributed by atoms with E-state index in [1.54, 1.807) is 0 Å². The predicted molar refractivity (Wildman–Crippen MR) is 61.7 cm³/mol. The largest absolute Gasteiger partial charge is 0.382 e. The standard InChI is InChI=1S/C13H19N/c1-9(2)13-8-10(3)11-6-4-5-7-12(11)14-13/h4-7,9-10,13-14H,8H2,1-3H3.